The van der Waals surface area contributed by atoms with Gasteiger partial charge < -0.3 is 4.57 Å². The molecule has 2 fully saturated rings. The number of hydrogen-bond donors (Lipinski definition) is 1. The average Bonchev–Trinajstić information content (AvgIpc) is 3.43. The standard InChI is InChI=1S/C17H16F2N2O3/c18-13-5-11-15(6-14(13)19)21(10-3-4-10)7-12(16(11)22)17(23)20-24-8-9-1-2-9/h5-7,9-10H,1-4,8H2,(H,20,23). The lowest BCUT2D eigenvalue weighted by molar-refractivity contribution is 0.0269. The highest BCUT2D eigenvalue weighted by Crippen LogP contribution is 2.37. The predicted molar refractivity (Wildman–Crippen MR) is 82.5 cm³/mol. The summed E-state index contributed by atoms with van der Waals surface area (Å²) in [4.78, 5) is 29.9. The van der Waals surface area contributed by atoms with E-state index in [1.807, 2.05) is 0 Å². The van der Waals surface area contributed by atoms with Gasteiger partial charge in [-0.1, -0.05) is 0 Å². The van der Waals surface area contributed by atoms with Crippen LogP contribution in [0.5, 0.6) is 0 Å². The van der Waals surface area contributed by atoms with Crippen LogP contribution >= 0.6 is 0 Å². The molecule has 126 valence electrons. The van der Waals surface area contributed by atoms with Crippen molar-refractivity contribution in [3.8, 4) is 0 Å². The van der Waals surface area contributed by atoms with E-state index in [1.54, 1.807) is 4.57 Å². The Kier molecular flexibility index (Phi) is 3.60. The molecule has 1 amide bonds. The van der Waals surface area contributed by atoms with E-state index >= 15 is 0 Å². The van der Waals surface area contributed by atoms with Crippen molar-refractivity contribution >= 4 is 16.8 Å². The number of nitrogens with zero attached hydrogens (tertiary/aromatic N) is 1. The number of amides is 1. The van der Waals surface area contributed by atoms with Crippen LogP contribution in [0.3, 0.4) is 0 Å². The molecule has 2 aliphatic carbocycles. The second-order valence-electron chi connectivity index (χ2n) is 6.48. The quantitative estimate of drug-likeness (QED) is 0.855. The zero-order valence-electron chi connectivity index (χ0n) is 12.9. The van der Waals surface area contributed by atoms with E-state index in [2.05, 4.69) is 5.48 Å². The first-order valence-electron chi connectivity index (χ1n) is 8.00. The van der Waals surface area contributed by atoms with Gasteiger partial charge in [-0.2, -0.15) is 0 Å². The molecule has 0 atom stereocenters. The molecule has 1 aromatic heterocycles. The zero-order chi connectivity index (χ0) is 16.8. The minimum absolute atomic E-state index is 0.00403. The monoisotopic (exact) mass is 334 g/mol. The Balaban J connectivity index is 1.74. The van der Waals surface area contributed by atoms with Crippen LogP contribution in [-0.4, -0.2) is 17.1 Å². The number of rotatable bonds is 5. The number of halogens is 2. The number of benzene rings is 1. The first-order chi connectivity index (χ1) is 11.5. The maximum absolute atomic E-state index is 13.6. The SMILES string of the molecule is O=C(NOCC1CC1)c1cn(C2CC2)c2cc(F)c(F)cc2c1=O. The minimum atomic E-state index is -1.11. The molecular formula is C17H16F2N2O3. The van der Waals surface area contributed by atoms with Crippen LogP contribution in [-0.2, 0) is 4.84 Å². The molecule has 0 radical (unpaired) electrons. The number of carbonyl (C=O) groups excluding carboxylic acids is 1. The highest BCUT2D eigenvalue weighted by atomic mass is 19.2. The molecule has 2 saturated carbocycles. The summed E-state index contributed by atoms with van der Waals surface area (Å²) < 4.78 is 28.8. The van der Waals surface area contributed by atoms with E-state index in [4.69, 9.17) is 4.84 Å². The molecule has 7 heteroatoms. The highest BCUT2D eigenvalue weighted by Gasteiger charge is 2.28. The molecule has 1 N–H and O–H groups in total. The van der Waals surface area contributed by atoms with E-state index in [0.717, 1.165) is 37.8 Å². The maximum Gasteiger partial charge on any atom is 0.280 e. The lowest BCUT2D eigenvalue weighted by Gasteiger charge is -2.13. The molecule has 5 nitrogen and oxygen atoms in total. The number of hydroxylamine groups is 1. The number of nitrogens with one attached hydrogen (secondary N) is 1. The molecule has 0 spiro atoms. The Bertz CT molecular complexity index is 886. The smallest absolute Gasteiger partial charge is 0.280 e. The fourth-order valence-corrected chi connectivity index (χ4v) is 2.73. The van der Waals surface area contributed by atoms with E-state index < -0.39 is 23.0 Å². The molecule has 24 heavy (non-hydrogen) atoms. The van der Waals surface area contributed by atoms with Crippen LogP contribution in [0.2, 0.25) is 0 Å². The Hall–Kier alpha value is -2.28. The van der Waals surface area contributed by atoms with Gasteiger partial charge in [0.25, 0.3) is 5.91 Å². The predicted octanol–water partition coefficient (Wildman–Crippen LogP) is 2.69. The fourth-order valence-electron chi connectivity index (χ4n) is 2.73. The number of pyridine rings is 1. The summed E-state index contributed by atoms with van der Waals surface area (Å²) in [6.07, 6.45) is 5.30. The number of hydrogen-bond acceptors (Lipinski definition) is 3. The molecule has 1 aromatic carbocycles. The van der Waals surface area contributed by atoms with Gasteiger partial charge in [-0.25, -0.2) is 14.3 Å². The molecule has 0 saturated heterocycles. The molecule has 2 aliphatic rings. The lowest BCUT2D eigenvalue weighted by atomic mass is 10.1. The van der Waals surface area contributed by atoms with Gasteiger partial charge in [0.1, 0.15) is 5.56 Å². The van der Waals surface area contributed by atoms with E-state index in [-0.39, 0.29) is 17.0 Å². The largest absolute Gasteiger partial charge is 0.343 e. The van der Waals surface area contributed by atoms with E-state index in [1.165, 1.54) is 6.20 Å². The topological polar surface area (TPSA) is 60.3 Å². The van der Waals surface area contributed by atoms with Crippen LogP contribution in [0.4, 0.5) is 8.78 Å². The summed E-state index contributed by atoms with van der Waals surface area (Å²) in [5.41, 5.74) is 1.81. The summed E-state index contributed by atoms with van der Waals surface area (Å²) in [5.74, 6) is -2.32. The van der Waals surface area contributed by atoms with Gasteiger partial charge in [0.2, 0.25) is 5.43 Å². The Morgan fingerprint density at radius 1 is 1.21 bits per heavy atom. The summed E-state index contributed by atoms with van der Waals surface area (Å²) >= 11 is 0. The molecular weight excluding hydrogens is 318 g/mol. The van der Waals surface area contributed by atoms with Crippen molar-refractivity contribution in [1.82, 2.24) is 10.0 Å². The van der Waals surface area contributed by atoms with Crippen LogP contribution in [0.15, 0.2) is 23.1 Å². The number of fused-ring (bicyclic) bond motifs is 1. The van der Waals surface area contributed by atoms with Crippen LogP contribution < -0.4 is 10.9 Å². The Morgan fingerprint density at radius 2 is 1.92 bits per heavy atom. The average molecular weight is 334 g/mol. The van der Waals surface area contributed by atoms with Crippen molar-refractivity contribution in [1.29, 1.82) is 0 Å². The third kappa shape index (κ3) is 2.80. The third-order valence-corrected chi connectivity index (χ3v) is 4.44. The summed E-state index contributed by atoms with van der Waals surface area (Å²) in [6, 6.07) is 1.96. The zero-order valence-corrected chi connectivity index (χ0v) is 12.9. The van der Waals surface area contributed by atoms with Crippen molar-refractivity contribution in [2.24, 2.45) is 5.92 Å². The van der Waals surface area contributed by atoms with Crippen molar-refractivity contribution < 1.29 is 18.4 Å². The van der Waals surface area contributed by atoms with Gasteiger partial charge in [0, 0.05) is 23.7 Å². The van der Waals surface area contributed by atoms with Gasteiger partial charge in [-0.3, -0.25) is 14.4 Å². The first-order valence-corrected chi connectivity index (χ1v) is 8.00. The molecule has 4 rings (SSSR count). The highest BCUT2D eigenvalue weighted by molar-refractivity contribution is 5.96. The van der Waals surface area contributed by atoms with Gasteiger partial charge >= 0.3 is 0 Å². The normalized spacial score (nSPS) is 17.2. The molecule has 1 heterocycles. The van der Waals surface area contributed by atoms with Crippen molar-refractivity contribution in [2.45, 2.75) is 31.7 Å². The van der Waals surface area contributed by atoms with Crippen molar-refractivity contribution in [3.05, 3.63) is 45.8 Å². The first kappa shape index (κ1) is 15.3. The minimum Gasteiger partial charge on any atom is -0.343 e. The molecule has 2 aromatic rings. The van der Waals surface area contributed by atoms with Crippen LogP contribution in [0, 0.1) is 17.6 Å². The van der Waals surface area contributed by atoms with E-state index in [0.29, 0.717) is 18.0 Å². The third-order valence-electron chi connectivity index (χ3n) is 4.44. The molecule has 0 unspecified atom stereocenters. The maximum atomic E-state index is 13.6. The number of aromatic nitrogens is 1. The summed E-state index contributed by atoms with van der Waals surface area (Å²) in [7, 11) is 0. The van der Waals surface area contributed by atoms with Crippen LogP contribution in [0.25, 0.3) is 10.9 Å². The summed E-state index contributed by atoms with van der Waals surface area (Å²) in [6.45, 7) is 0.413. The van der Waals surface area contributed by atoms with Gasteiger partial charge in [0.05, 0.1) is 12.1 Å². The second kappa shape index (κ2) is 5.66. The molecule has 0 bridgehead atoms. The second-order valence-corrected chi connectivity index (χ2v) is 6.48. The van der Waals surface area contributed by atoms with Crippen LogP contribution in [0.1, 0.15) is 42.1 Å². The van der Waals surface area contributed by atoms with Crippen molar-refractivity contribution in [3.63, 3.8) is 0 Å². The van der Waals surface area contributed by atoms with Gasteiger partial charge in [-0.15, -0.1) is 0 Å². The number of carbonyl (C=O) groups is 1. The lowest BCUT2D eigenvalue weighted by Crippen LogP contribution is -2.30. The summed E-state index contributed by atoms with van der Waals surface area (Å²) in [5, 5.41) is -0.00403. The van der Waals surface area contributed by atoms with Crippen molar-refractivity contribution in [2.75, 3.05) is 6.61 Å². The van der Waals surface area contributed by atoms with Gasteiger partial charge in [0.15, 0.2) is 11.6 Å². The van der Waals surface area contributed by atoms with E-state index in [9.17, 15) is 18.4 Å². The Labute approximate surface area is 136 Å². The fraction of sp³-hybridized carbons (Fsp3) is 0.412. The molecule has 0 aliphatic heterocycles. The Morgan fingerprint density at radius 3 is 2.58 bits per heavy atom. The van der Waals surface area contributed by atoms with Gasteiger partial charge in [-0.05, 0) is 37.7 Å².